The molecule has 1 heterocycles. The molecule has 0 aliphatic carbocycles. The average molecular weight is 256 g/mol. The van der Waals surface area contributed by atoms with Gasteiger partial charge in [0.15, 0.2) is 0 Å². The lowest BCUT2D eigenvalue weighted by Gasteiger charge is -2.31. The van der Waals surface area contributed by atoms with E-state index < -0.39 is 6.10 Å². The highest BCUT2D eigenvalue weighted by molar-refractivity contribution is 6.30. The summed E-state index contributed by atoms with van der Waals surface area (Å²) >= 11 is 5.89. The van der Waals surface area contributed by atoms with Gasteiger partial charge in [-0.1, -0.05) is 23.7 Å². The van der Waals surface area contributed by atoms with Gasteiger partial charge in [0.1, 0.15) is 0 Å². The topological polar surface area (TPSA) is 43.7 Å². The standard InChI is InChI=1S/C13H18ClNO2/c14-11-3-1-2-10(8-11)13(17)9-15-6-4-12(16)5-7-15/h1-3,8,12-13,16-17H,4-7,9H2. The van der Waals surface area contributed by atoms with Gasteiger partial charge >= 0.3 is 0 Å². The minimum Gasteiger partial charge on any atom is -0.393 e. The van der Waals surface area contributed by atoms with Crippen LogP contribution in [0.5, 0.6) is 0 Å². The molecule has 4 heteroatoms. The van der Waals surface area contributed by atoms with E-state index in [2.05, 4.69) is 4.90 Å². The molecule has 0 amide bonds. The van der Waals surface area contributed by atoms with Gasteiger partial charge in [-0.3, -0.25) is 0 Å². The van der Waals surface area contributed by atoms with Crippen LogP contribution in [0.3, 0.4) is 0 Å². The second kappa shape index (κ2) is 5.83. The molecule has 2 rings (SSSR count). The van der Waals surface area contributed by atoms with Crippen LogP contribution >= 0.6 is 11.6 Å². The van der Waals surface area contributed by atoms with Crippen LogP contribution in [0.1, 0.15) is 24.5 Å². The van der Waals surface area contributed by atoms with Crippen LogP contribution in [0.2, 0.25) is 5.02 Å². The molecule has 1 aliphatic rings. The van der Waals surface area contributed by atoms with Crippen LogP contribution in [-0.4, -0.2) is 40.9 Å². The molecule has 0 spiro atoms. The van der Waals surface area contributed by atoms with Crippen molar-refractivity contribution in [2.24, 2.45) is 0 Å². The zero-order valence-electron chi connectivity index (χ0n) is 9.72. The predicted octanol–water partition coefficient (Wildman–Crippen LogP) is 1.83. The smallest absolute Gasteiger partial charge is 0.0917 e. The van der Waals surface area contributed by atoms with Crippen molar-refractivity contribution >= 4 is 11.6 Å². The average Bonchev–Trinajstić information content (AvgIpc) is 2.32. The number of rotatable bonds is 3. The lowest BCUT2D eigenvalue weighted by Crippen LogP contribution is -2.38. The number of halogens is 1. The molecule has 0 saturated carbocycles. The van der Waals surface area contributed by atoms with E-state index in [0.29, 0.717) is 11.6 Å². The van der Waals surface area contributed by atoms with Crippen molar-refractivity contribution in [3.05, 3.63) is 34.9 Å². The van der Waals surface area contributed by atoms with Gasteiger partial charge in [-0.15, -0.1) is 0 Å². The van der Waals surface area contributed by atoms with E-state index >= 15 is 0 Å². The van der Waals surface area contributed by atoms with E-state index in [1.165, 1.54) is 0 Å². The van der Waals surface area contributed by atoms with Crippen molar-refractivity contribution in [1.82, 2.24) is 4.90 Å². The Bertz CT molecular complexity index is 364. The van der Waals surface area contributed by atoms with E-state index in [1.807, 2.05) is 12.1 Å². The number of benzene rings is 1. The van der Waals surface area contributed by atoms with Crippen molar-refractivity contribution in [3.8, 4) is 0 Å². The Hall–Kier alpha value is -0.610. The summed E-state index contributed by atoms with van der Waals surface area (Å²) in [5, 5.41) is 20.2. The summed E-state index contributed by atoms with van der Waals surface area (Å²) in [5.41, 5.74) is 0.851. The molecular formula is C13H18ClNO2. The van der Waals surface area contributed by atoms with Gasteiger partial charge < -0.3 is 15.1 Å². The number of hydrogen-bond donors (Lipinski definition) is 2. The summed E-state index contributed by atoms with van der Waals surface area (Å²) in [7, 11) is 0. The summed E-state index contributed by atoms with van der Waals surface area (Å²) in [6.45, 7) is 2.30. The van der Waals surface area contributed by atoms with Crippen LogP contribution in [0.15, 0.2) is 24.3 Å². The number of likely N-dealkylation sites (tertiary alicyclic amines) is 1. The minimum absolute atomic E-state index is 0.172. The number of hydrogen-bond acceptors (Lipinski definition) is 3. The fourth-order valence-electron chi connectivity index (χ4n) is 2.17. The second-order valence-corrected chi connectivity index (χ2v) is 5.04. The minimum atomic E-state index is -0.510. The first kappa shape index (κ1) is 12.8. The van der Waals surface area contributed by atoms with Crippen molar-refractivity contribution < 1.29 is 10.2 Å². The molecule has 1 fully saturated rings. The molecule has 1 aliphatic heterocycles. The van der Waals surface area contributed by atoms with Crippen molar-refractivity contribution in [2.45, 2.75) is 25.0 Å². The van der Waals surface area contributed by atoms with Crippen LogP contribution in [0.25, 0.3) is 0 Å². The van der Waals surface area contributed by atoms with E-state index in [-0.39, 0.29) is 6.10 Å². The summed E-state index contributed by atoms with van der Waals surface area (Å²) in [6.07, 6.45) is 0.906. The number of aliphatic hydroxyl groups excluding tert-OH is 2. The third-order valence-corrected chi connectivity index (χ3v) is 3.46. The lowest BCUT2D eigenvalue weighted by atomic mass is 10.1. The number of aliphatic hydroxyl groups is 2. The maximum Gasteiger partial charge on any atom is 0.0917 e. The maximum atomic E-state index is 10.1. The summed E-state index contributed by atoms with van der Waals surface area (Å²) in [4.78, 5) is 2.18. The van der Waals surface area contributed by atoms with Crippen molar-refractivity contribution in [1.29, 1.82) is 0 Å². The molecule has 1 unspecified atom stereocenters. The van der Waals surface area contributed by atoms with Crippen molar-refractivity contribution in [2.75, 3.05) is 19.6 Å². The quantitative estimate of drug-likeness (QED) is 0.866. The molecular weight excluding hydrogens is 238 g/mol. The van der Waals surface area contributed by atoms with E-state index in [9.17, 15) is 10.2 Å². The predicted molar refractivity (Wildman–Crippen MR) is 68.1 cm³/mol. The highest BCUT2D eigenvalue weighted by Gasteiger charge is 2.19. The molecule has 0 bridgehead atoms. The number of nitrogens with zero attached hydrogens (tertiary/aromatic N) is 1. The monoisotopic (exact) mass is 255 g/mol. The van der Waals surface area contributed by atoms with E-state index in [0.717, 1.165) is 31.5 Å². The Morgan fingerprint density at radius 1 is 1.35 bits per heavy atom. The van der Waals surface area contributed by atoms with Gasteiger partial charge in [0.05, 0.1) is 12.2 Å². The molecule has 3 nitrogen and oxygen atoms in total. The first-order valence-corrected chi connectivity index (χ1v) is 6.37. The van der Waals surface area contributed by atoms with Crippen LogP contribution in [0, 0.1) is 0 Å². The molecule has 1 aromatic carbocycles. The Morgan fingerprint density at radius 2 is 2.06 bits per heavy atom. The Kier molecular flexibility index (Phi) is 4.40. The summed E-state index contributed by atoms with van der Waals surface area (Å²) in [5.74, 6) is 0. The highest BCUT2D eigenvalue weighted by Crippen LogP contribution is 2.20. The molecule has 0 radical (unpaired) electrons. The maximum absolute atomic E-state index is 10.1. The zero-order valence-corrected chi connectivity index (χ0v) is 10.5. The molecule has 1 atom stereocenters. The first-order chi connectivity index (χ1) is 8.15. The van der Waals surface area contributed by atoms with Gasteiger partial charge in [-0.05, 0) is 30.5 Å². The third kappa shape index (κ3) is 3.68. The molecule has 94 valence electrons. The Balaban J connectivity index is 1.90. The summed E-state index contributed by atoms with van der Waals surface area (Å²) < 4.78 is 0. The molecule has 0 aromatic heterocycles. The second-order valence-electron chi connectivity index (χ2n) is 4.60. The number of β-amino-alcohol motifs (C(OH)–C–C–N with tert-alkyl or cyclic N) is 1. The van der Waals surface area contributed by atoms with Crippen LogP contribution < -0.4 is 0 Å². The zero-order chi connectivity index (χ0) is 12.3. The van der Waals surface area contributed by atoms with Gasteiger partial charge in [-0.25, -0.2) is 0 Å². The Morgan fingerprint density at radius 3 is 2.71 bits per heavy atom. The SMILES string of the molecule is OC1CCN(CC(O)c2cccc(Cl)c2)CC1. The third-order valence-electron chi connectivity index (χ3n) is 3.22. The molecule has 2 N–H and O–H groups in total. The summed E-state index contributed by atoms with van der Waals surface area (Å²) in [6, 6.07) is 7.33. The fraction of sp³-hybridized carbons (Fsp3) is 0.538. The number of piperidine rings is 1. The fourth-order valence-corrected chi connectivity index (χ4v) is 2.36. The normalized spacial score (nSPS) is 20.4. The molecule has 1 saturated heterocycles. The van der Waals surface area contributed by atoms with Crippen LogP contribution in [-0.2, 0) is 0 Å². The van der Waals surface area contributed by atoms with E-state index in [4.69, 9.17) is 11.6 Å². The van der Waals surface area contributed by atoms with Crippen LogP contribution in [0.4, 0.5) is 0 Å². The van der Waals surface area contributed by atoms with Gasteiger partial charge in [0.2, 0.25) is 0 Å². The molecule has 1 aromatic rings. The van der Waals surface area contributed by atoms with Gasteiger partial charge in [0.25, 0.3) is 0 Å². The van der Waals surface area contributed by atoms with Gasteiger partial charge in [0, 0.05) is 24.7 Å². The highest BCUT2D eigenvalue weighted by atomic mass is 35.5. The molecule has 17 heavy (non-hydrogen) atoms. The van der Waals surface area contributed by atoms with Gasteiger partial charge in [-0.2, -0.15) is 0 Å². The van der Waals surface area contributed by atoms with Crippen molar-refractivity contribution in [3.63, 3.8) is 0 Å². The van der Waals surface area contributed by atoms with E-state index in [1.54, 1.807) is 12.1 Å². The Labute approximate surface area is 107 Å². The largest absolute Gasteiger partial charge is 0.393 e. The lowest BCUT2D eigenvalue weighted by molar-refractivity contribution is 0.0508. The first-order valence-electron chi connectivity index (χ1n) is 5.99.